The lowest BCUT2D eigenvalue weighted by atomic mass is 10.2. The topological polar surface area (TPSA) is 153 Å². The van der Waals surface area contributed by atoms with E-state index in [1.54, 1.807) is 0 Å². The number of anilines is 2. The van der Waals surface area contributed by atoms with Crippen LogP contribution in [0.1, 0.15) is 31.1 Å². The summed E-state index contributed by atoms with van der Waals surface area (Å²) in [5.41, 5.74) is 9.15. The highest BCUT2D eigenvalue weighted by molar-refractivity contribution is 6.99. The number of benzene rings is 2. The number of nitrogens with zero attached hydrogens (tertiary/aromatic N) is 9. The minimum absolute atomic E-state index is 0.0301. The fourth-order valence-corrected chi connectivity index (χ4v) is 10.2. The lowest BCUT2D eigenvalue weighted by molar-refractivity contribution is 0.0696. The number of aromatic carboxylic acids is 1. The molecule has 0 amide bonds. The first-order chi connectivity index (χ1) is 20.7. The second kappa shape index (κ2) is 12.6. The van der Waals surface area contributed by atoms with E-state index in [1.807, 2.05) is 17.0 Å². The van der Waals surface area contributed by atoms with E-state index >= 15 is 0 Å². The molecule has 12 nitrogen and oxygen atoms in total. The maximum atomic E-state index is 11.3. The Morgan fingerprint density at radius 2 is 1.51 bits per heavy atom. The van der Waals surface area contributed by atoms with Crippen LogP contribution in [-0.4, -0.2) is 71.6 Å². The van der Waals surface area contributed by atoms with Crippen LogP contribution in [0.15, 0.2) is 90.6 Å². The Balaban J connectivity index is 1.52. The number of rotatable bonds is 9. The second-order valence-corrected chi connectivity index (χ2v) is 15.6. The minimum atomic E-state index is -2.84. The van der Waals surface area contributed by atoms with Crippen molar-refractivity contribution in [1.29, 1.82) is 0 Å². The molecule has 1 fully saturated rings. The molecule has 2 aromatic heterocycles. The van der Waals surface area contributed by atoms with E-state index in [2.05, 4.69) is 104 Å². The highest BCUT2D eigenvalue weighted by Crippen LogP contribution is 2.37. The fraction of sp³-hybridized carbons (Fsp3) is 0.300. The zero-order valence-electron chi connectivity index (χ0n) is 24.3. The van der Waals surface area contributed by atoms with Gasteiger partial charge in [0.2, 0.25) is 11.9 Å². The smallest absolute Gasteiger partial charge is 0.338 e. The average Bonchev–Trinajstić information content (AvgIpc) is 3.02. The van der Waals surface area contributed by atoms with Gasteiger partial charge in [-0.15, -0.1) is 0 Å². The summed E-state index contributed by atoms with van der Waals surface area (Å²) in [6.07, 6.45) is 5.65. The van der Waals surface area contributed by atoms with Crippen molar-refractivity contribution < 1.29 is 14.3 Å². The molecule has 1 atom stereocenters. The molecule has 13 heteroatoms. The Labute approximate surface area is 250 Å². The van der Waals surface area contributed by atoms with E-state index < -0.39 is 14.3 Å². The second-order valence-electron chi connectivity index (χ2n) is 11.3. The van der Waals surface area contributed by atoms with Gasteiger partial charge >= 0.3 is 5.97 Å². The number of aromatic nitrogens is 4. The number of azide groups is 1. The molecule has 3 heterocycles. The van der Waals surface area contributed by atoms with Crippen molar-refractivity contribution in [1.82, 2.24) is 19.9 Å². The van der Waals surface area contributed by atoms with Crippen LogP contribution < -0.4 is 20.2 Å². The Hall–Kier alpha value is -4.84. The molecular weight excluding hydrogens is 562 g/mol. The zero-order valence-corrected chi connectivity index (χ0v) is 25.3. The molecule has 1 N–H and O–H groups in total. The molecule has 4 aromatic rings. The summed E-state index contributed by atoms with van der Waals surface area (Å²) >= 11 is 0. The molecule has 220 valence electrons. The zero-order chi connectivity index (χ0) is 30.5. The maximum Gasteiger partial charge on any atom is 0.338 e. The third-order valence-corrected chi connectivity index (χ3v) is 12.6. The van der Waals surface area contributed by atoms with E-state index in [1.165, 1.54) is 35.2 Å². The SMILES string of the molecule is CC(C)(C)[Si](OCC1CN(c2ncc(C(=O)O)cn2)CCN1c1ncc(N=[N+]=[N-])cn1)(c1ccccc1)c1ccccc1. The van der Waals surface area contributed by atoms with E-state index in [4.69, 9.17) is 9.96 Å². The summed E-state index contributed by atoms with van der Waals surface area (Å²) in [4.78, 5) is 36.0. The van der Waals surface area contributed by atoms with Crippen LogP contribution in [0.5, 0.6) is 0 Å². The van der Waals surface area contributed by atoms with Crippen molar-refractivity contribution in [2.24, 2.45) is 5.11 Å². The predicted octanol–water partition coefficient (Wildman–Crippen LogP) is 4.18. The summed E-state index contributed by atoms with van der Waals surface area (Å²) in [5, 5.41) is 15.0. The standard InChI is InChI=1S/C30H33N9O3Si/c1-30(2,3)43(25-10-6-4-7-11-25,26-12-8-5-9-13-26)42-21-24-20-38(28-32-16-22(17-33-28)27(40)41)14-15-39(24)29-34-18-23(19-35-29)36-37-31/h4-13,16-19,24H,14-15,20-21H2,1-3H3,(H,40,41). The van der Waals surface area contributed by atoms with Gasteiger partial charge in [-0.05, 0) is 20.9 Å². The quantitative estimate of drug-likeness (QED) is 0.130. The van der Waals surface area contributed by atoms with Crippen LogP contribution in [0.25, 0.3) is 10.4 Å². The van der Waals surface area contributed by atoms with Crippen molar-refractivity contribution >= 4 is 42.2 Å². The molecule has 5 rings (SSSR count). The van der Waals surface area contributed by atoms with Gasteiger partial charge in [0.25, 0.3) is 8.32 Å². The Morgan fingerprint density at radius 3 is 2.02 bits per heavy atom. The molecule has 43 heavy (non-hydrogen) atoms. The molecule has 0 bridgehead atoms. The lowest BCUT2D eigenvalue weighted by Gasteiger charge is -2.46. The molecule has 1 unspecified atom stereocenters. The lowest BCUT2D eigenvalue weighted by Crippen LogP contribution is -2.68. The first kappa shape index (κ1) is 29.6. The first-order valence-electron chi connectivity index (χ1n) is 13.9. The molecule has 1 aliphatic rings. The molecule has 1 saturated heterocycles. The van der Waals surface area contributed by atoms with Gasteiger partial charge in [-0.25, -0.2) is 24.7 Å². The van der Waals surface area contributed by atoms with Crippen molar-refractivity contribution in [3.63, 3.8) is 0 Å². The van der Waals surface area contributed by atoms with Gasteiger partial charge in [-0.1, -0.05) is 86.5 Å². The van der Waals surface area contributed by atoms with Gasteiger partial charge in [0.15, 0.2) is 0 Å². The van der Waals surface area contributed by atoms with Crippen LogP contribution >= 0.6 is 0 Å². The van der Waals surface area contributed by atoms with Crippen LogP contribution in [-0.2, 0) is 4.43 Å². The van der Waals surface area contributed by atoms with Gasteiger partial charge in [0.1, 0.15) is 0 Å². The number of hydrogen-bond donors (Lipinski definition) is 1. The summed E-state index contributed by atoms with van der Waals surface area (Å²) in [7, 11) is -2.84. The third kappa shape index (κ3) is 6.19. The molecule has 2 aromatic carbocycles. The first-order valence-corrected chi connectivity index (χ1v) is 15.8. The summed E-state index contributed by atoms with van der Waals surface area (Å²) in [6.45, 7) is 8.66. The van der Waals surface area contributed by atoms with E-state index in [-0.39, 0.29) is 16.6 Å². The number of carbonyl (C=O) groups is 1. The van der Waals surface area contributed by atoms with Crippen molar-refractivity contribution in [2.75, 3.05) is 36.0 Å². The number of hydrogen-bond acceptors (Lipinski definition) is 9. The number of carboxylic acids is 1. The predicted molar refractivity (Wildman–Crippen MR) is 167 cm³/mol. The third-order valence-electron chi connectivity index (χ3n) is 7.60. The molecular formula is C30H33N9O3Si. The van der Waals surface area contributed by atoms with E-state index in [9.17, 15) is 9.90 Å². The molecule has 1 aliphatic heterocycles. The molecule has 0 spiro atoms. The Bertz CT molecular complexity index is 1540. The monoisotopic (exact) mass is 595 g/mol. The largest absolute Gasteiger partial charge is 0.478 e. The van der Waals surface area contributed by atoms with Gasteiger partial charge in [-0.3, -0.25) is 0 Å². The average molecular weight is 596 g/mol. The van der Waals surface area contributed by atoms with Gasteiger partial charge < -0.3 is 19.3 Å². The normalized spacial score (nSPS) is 15.6. The molecule has 0 saturated carbocycles. The van der Waals surface area contributed by atoms with Crippen LogP contribution in [0.3, 0.4) is 0 Å². The minimum Gasteiger partial charge on any atom is -0.478 e. The molecule has 0 aliphatic carbocycles. The van der Waals surface area contributed by atoms with E-state index in [0.717, 1.165) is 0 Å². The summed E-state index contributed by atoms with van der Waals surface area (Å²) in [5.74, 6) is -0.135. The van der Waals surface area contributed by atoms with E-state index in [0.29, 0.717) is 43.8 Å². The van der Waals surface area contributed by atoms with Gasteiger partial charge in [0.05, 0.1) is 23.9 Å². The Kier molecular flexibility index (Phi) is 8.67. The fourth-order valence-electron chi connectivity index (χ4n) is 5.59. The number of carboxylic acid groups (broad SMARTS) is 1. The van der Waals surface area contributed by atoms with Crippen LogP contribution in [0, 0.1) is 0 Å². The summed E-state index contributed by atoms with van der Waals surface area (Å²) in [6, 6.07) is 20.7. The van der Waals surface area contributed by atoms with Crippen LogP contribution in [0.2, 0.25) is 5.04 Å². The maximum absolute atomic E-state index is 11.3. The van der Waals surface area contributed by atoms with Gasteiger partial charge in [0, 0.05) is 49.3 Å². The van der Waals surface area contributed by atoms with Crippen LogP contribution in [0.4, 0.5) is 17.6 Å². The molecule has 0 radical (unpaired) electrons. The highest BCUT2D eigenvalue weighted by atomic mass is 28.4. The van der Waals surface area contributed by atoms with Crippen molar-refractivity contribution in [3.8, 4) is 0 Å². The summed E-state index contributed by atoms with van der Waals surface area (Å²) < 4.78 is 7.28. The van der Waals surface area contributed by atoms with Crippen molar-refractivity contribution in [3.05, 3.63) is 101 Å². The van der Waals surface area contributed by atoms with Gasteiger partial charge in [-0.2, -0.15) is 0 Å². The van der Waals surface area contributed by atoms with Crippen molar-refractivity contribution in [2.45, 2.75) is 31.9 Å². The highest BCUT2D eigenvalue weighted by Gasteiger charge is 2.50. The Morgan fingerprint density at radius 1 is 0.953 bits per heavy atom. The number of piperazine rings is 1.